The Labute approximate surface area is 131 Å². The van der Waals surface area contributed by atoms with Crippen LogP contribution in [0.15, 0.2) is 10.2 Å². The third-order valence-electron chi connectivity index (χ3n) is 2.75. The molecule has 0 atom stereocenters. The lowest BCUT2D eigenvalue weighted by molar-refractivity contribution is -0.107. The van der Waals surface area contributed by atoms with Crippen molar-refractivity contribution in [3.05, 3.63) is 20.9 Å². The predicted octanol–water partition coefficient (Wildman–Crippen LogP) is 5.22. The van der Waals surface area contributed by atoms with Crippen LogP contribution >= 0.6 is 0 Å². The molecule has 8 heteroatoms. The third-order valence-corrected chi connectivity index (χ3v) is 2.75. The van der Waals surface area contributed by atoms with Gasteiger partial charge in [-0.3, -0.25) is 0 Å². The number of aldehydes is 1. The molecule has 0 aliphatic carbocycles. The minimum Gasteiger partial charge on any atom is -0.303 e. The van der Waals surface area contributed by atoms with Gasteiger partial charge in [-0.2, -0.15) is 5.26 Å². The largest absolute Gasteiger partial charge is 0.303 e. The molecule has 0 spiro atoms. The smallest absolute Gasteiger partial charge is 0.119 e. The number of nitrogens with zero attached hydrogens (tertiary/aromatic N) is 7. The van der Waals surface area contributed by atoms with Gasteiger partial charge < -0.3 is 4.79 Å². The van der Waals surface area contributed by atoms with E-state index in [4.69, 9.17) is 16.3 Å². The third kappa shape index (κ3) is 26.4. The van der Waals surface area contributed by atoms with Crippen molar-refractivity contribution in [3.63, 3.8) is 0 Å². The molecule has 0 rings (SSSR count). The molecule has 0 aliphatic heterocycles. The summed E-state index contributed by atoms with van der Waals surface area (Å²) in [5.74, 6) is 0. The first-order chi connectivity index (χ1) is 10.8. The summed E-state index contributed by atoms with van der Waals surface area (Å²) in [6, 6.07) is 2.11. The molecule has 22 heavy (non-hydrogen) atoms. The predicted molar refractivity (Wildman–Crippen MR) is 85.9 cm³/mol. The van der Waals surface area contributed by atoms with Gasteiger partial charge in [0.05, 0.1) is 6.07 Å². The van der Waals surface area contributed by atoms with E-state index in [-0.39, 0.29) is 0 Å². The molecule has 0 aromatic heterocycles. The Bertz CT molecular complexity index is 379. The quantitative estimate of drug-likeness (QED) is 0.151. The molecule has 122 valence electrons. The van der Waals surface area contributed by atoms with Gasteiger partial charge in [-0.15, -0.1) is 0 Å². The van der Waals surface area contributed by atoms with Crippen molar-refractivity contribution in [2.45, 2.75) is 64.2 Å². The van der Waals surface area contributed by atoms with Crippen molar-refractivity contribution in [3.8, 4) is 6.07 Å². The van der Waals surface area contributed by atoms with Gasteiger partial charge in [0.1, 0.15) is 6.29 Å². The minimum absolute atomic E-state index is 0.551. The zero-order valence-electron chi connectivity index (χ0n) is 13.1. The topological polar surface area (TPSA) is 138 Å². The number of hydrogen-bond acceptors (Lipinski definition) is 4. The van der Waals surface area contributed by atoms with E-state index < -0.39 is 0 Å². The molecule has 8 nitrogen and oxygen atoms in total. The molecular weight excluding hydrogens is 282 g/mol. The SMILES string of the molecule is N#CCCCCCCCN=[N+]=[N-].[N-]=[N+]=NCCCCCC=O. The fourth-order valence-corrected chi connectivity index (χ4v) is 1.59. The molecular formula is C14H25N7O. The maximum absolute atomic E-state index is 9.81. The van der Waals surface area contributed by atoms with Crippen molar-refractivity contribution in [2.24, 2.45) is 10.2 Å². The van der Waals surface area contributed by atoms with Crippen molar-refractivity contribution in [1.82, 2.24) is 0 Å². The number of carbonyl (C=O) groups is 1. The van der Waals surface area contributed by atoms with E-state index in [0.29, 0.717) is 25.9 Å². The highest BCUT2D eigenvalue weighted by molar-refractivity contribution is 5.48. The normalized spacial score (nSPS) is 8.50. The van der Waals surface area contributed by atoms with Crippen LogP contribution < -0.4 is 0 Å². The van der Waals surface area contributed by atoms with E-state index in [1.54, 1.807) is 0 Å². The molecule has 0 aliphatic rings. The lowest BCUT2D eigenvalue weighted by Gasteiger charge is -1.95. The number of nitriles is 1. The van der Waals surface area contributed by atoms with E-state index in [0.717, 1.165) is 57.7 Å². The monoisotopic (exact) mass is 307 g/mol. The van der Waals surface area contributed by atoms with Crippen LogP contribution in [0.2, 0.25) is 0 Å². The molecule has 0 bridgehead atoms. The maximum Gasteiger partial charge on any atom is 0.119 e. The van der Waals surface area contributed by atoms with Crippen LogP contribution in [-0.2, 0) is 4.79 Å². The highest BCUT2D eigenvalue weighted by Crippen LogP contribution is 2.04. The van der Waals surface area contributed by atoms with Gasteiger partial charge in [-0.05, 0) is 36.7 Å². The zero-order valence-corrected chi connectivity index (χ0v) is 13.1. The van der Waals surface area contributed by atoms with Gasteiger partial charge in [0, 0.05) is 35.8 Å². The molecule has 0 unspecified atom stereocenters. The Morgan fingerprint density at radius 1 is 0.864 bits per heavy atom. The van der Waals surface area contributed by atoms with Crippen LogP contribution in [0.25, 0.3) is 20.9 Å². The summed E-state index contributed by atoms with van der Waals surface area (Å²) in [5.41, 5.74) is 15.8. The molecule has 0 fully saturated rings. The van der Waals surface area contributed by atoms with E-state index in [1.807, 2.05) is 0 Å². The summed E-state index contributed by atoms with van der Waals surface area (Å²) in [4.78, 5) is 15.1. The van der Waals surface area contributed by atoms with Crippen molar-refractivity contribution < 1.29 is 4.79 Å². The highest BCUT2D eigenvalue weighted by Gasteiger charge is 1.89. The second-order valence-corrected chi connectivity index (χ2v) is 4.60. The van der Waals surface area contributed by atoms with Crippen LogP contribution in [0.3, 0.4) is 0 Å². The molecule has 0 saturated carbocycles. The first-order valence-electron chi connectivity index (χ1n) is 7.65. The van der Waals surface area contributed by atoms with Crippen molar-refractivity contribution in [1.29, 1.82) is 5.26 Å². The van der Waals surface area contributed by atoms with E-state index >= 15 is 0 Å². The Kier molecular flexibility index (Phi) is 23.9. The lowest BCUT2D eigenvalue weighted by Crippen LogP contribution is -1.81. The standard InChI is InChI=1S/C8H14N4.C6H11N3O/c9-7-5-3-1-2-4-6-8-11-12-10;7-9-8-5-3-1-2-4-6-10/h1-6,8H2;6H,1-5H2. The molecule has 0 amide bonds. The Hall–Kier alpha value is -2.22. The maximum atomic E-state index is 9.81. The summed E-state index contributed by atoms with van der Waals surface area (Å²) >= 11 is 0. The molecule has 0 N–H and O–H groups in total. The number of hydrogen-bond donors (Lipinski definition) is 0. The van der Waals surface area contributed by atoms with Gasteiger partial charge in [-0.1, -0.05) is 35.9 Å². The van der Waals surface area contributed by atoms with Crippen LogP contribution in [0.1, 0.15) is 64.2 Å². The number of rotatable bonds is 13. The average Bonchev–Trinajstić information content (AvgIpc) is 2.54. The van der Waals surface area contributed by atoms with E-state index in [1.165, 1.54) is 0 Å². The van der Waals surface area contributed by atoms with Gasteiger partial charge in [0.2, 0.25) is 0 Å². The molecule has 0 radical (unpaired) electrons. The average molecular weight is 307 g/mol. The minimum atomic E-state index is 0.551. The van der Waals surface area contributed by atoms with Crippen molar-refractivity contribution in [2.75, 3.05) is 13.1 Å². The van der Waals surface area contributed by atoms with Crippen LogP contribution in [0.4, 0.5) is 0 Å². The van der Waals surface area contributed by atoms with Gasteiger partial charge >= 0.3 is 0 Å². The molecule has 0 heterocycles. The molecule has 0 aromatic carbocycles. The fraction of sp³-hybridized carbons (Fsp3) is 0.857. The van der Waals surface area contributed by atoms with Crippen molar-refractivity contribution >= 4 is 6.29 Å². The number of unbranched alkanes of at least 4 members (excludes halogenated alkanes) is 8. The second-order valence-electron chi connectivity index (χ2n) is 4.60. The highest BCUT2D eigenvalue weighted by atomic mass is 16.1. The summed E-state index contributed by atoms with van der Waals surface area (Å²) in [6.45, 7) is 1.16. The summed E-state index contributed by atoms with van der Waals surface area (Å²) in [5, 5.41) is 15.0. The van der Waals surface area contributed by atoms with Crippen LogP contribution in [-0.4, -0.2) is 19.4 Å². The van der Waals surface area contributed by atoms with E-state index in [9.17, 15) is 4.79 Å². The second kappa shape index (κ2) is 23.8. The summed E-state index contributed by atoms with van der Waals surface area (Å²) < 4.78 is 0. The Morgan fingerprint density at radius 2 is 1.36 bits per heavy atom. The fourth-order valence-electron chi connectivity index (χ4n) is 1.59. The van der Waals surface area contributed by atoms with Gasteiger partial charge in [0.25, 0.3) is 0 Å². The van der Waals surface area contributed by atoms with E-state index in [2.05, 4.69) is 26.1 Å². The summed E-state index contributed by atoms with van der Waals surface area (Å²) in [6.07, 6.45) is 10.3. The Balaban J connectivity index is 0. The number of azide groups is 2. The number of carbonyl (C=O) groups excluding carboxylic acids is 1. The summed E-state index contributed by atoms with van der Waals surface area (Å²) in [7, 11) is 0. The van der Waals surface area contributed by atoms with Gasteiger partial charge in [-0.25, -0.2) is 0 Å². The first-order valence-corrected chi connectivity index (χ1v) is 7.65. The first kappa shape index (κ1) is 22.1. The molecule has 0 aromatic rings. The zero-order chi connectivity index (χ0) is 16.7. The van der Waals surface area contributed by atoms with Gasteiger partial charge in [0.15, 0.2) is 0 Å². The van der Waals surface area contributed by atoms with Crippen LogP contribution in [0.5, 0.6) is 0 Å². The lowest BCUT2D eigenvalue weighted by atomic mass is 10.1. The van der Waals surface area contributed by atoms with Crippen LogP contribution in [0, 0.1) is 11.3 Å². The molecule has 0 saturated heterocycles. The Morgan fingerprint density at radius 3 is 1.86 bits per heavy atom.